The van der Waals surface area contributed by atoms with Crippen LogP contribution in [0.2, 0.25) is 25.7 Å². The zero-order valence-corrected chi connectivity index (χ0v) is 22.8. The second kappa shape index (κ2) is 10.2. The van der Waals surface area contributed by atoms with Gasteiger partial charge in [-0.1, -0.05) is 44.3 Å². The van der Waals surface area contributed by atoms with Crippen LogP contribution in [0, 0.1) is 6.92 Å². The molecule has 0 aliphatic carbocycles. The van der Waals surface area contributed by atoms with Crippen molar-refractivity contribution in [2.24, 2.45) is 0 Å². The number of hydrogen-bond donors (Lipinski definition) is 0. The lowest BCUT2D eigenvalue weighted by atomic mass is 10.2. The van der Waals surface area contributed by atoms with E-state index in [0.717, 1.165) is 9.87 Å². The molecule has 0 saturated carbocycles. The van der Waals surface area contributed by atoms with Gasteiger partial charge in [0.1, 0.15) is 6.23 Å². The molecule has 0 radical (unpaired) electrons. The summed E-state index contributed by atoms with van der Waals surface area (Å²) < 4.78 is 70.6. The van der Waals surface area contributed by atoms with Gasteiger partial charge in [-0.2, -0.15) is 12.7 Å². The lowest BCUT2D eigenvalue weighted by Gasteiger charge is -2.32. The third-order valence-corrected chi connectivity index (χ3v) is 10.4. The summed E-state index contributed by atoms with van der Waals surface area (Å²) in [5.74, 6) is -0.890. The quantitative estimate of drug-likeness (QED) is 0.256. The Hall–Kier alpha value is -0.823. The van der Waals surface area contributed by atoms with Crippen molar-refractivity contribution in [1.82, 2.24) is 4.31 Å². The highest BCUT2D eigenvalue weighted by atomic mass is 32.2. The van der Waals surface area contributed by atoms with E-state index >= 15 is 0 Å². The minimum atomic E-state index is -4.16. The van der Waals surface area contributed by atoms with Crippen LogP contribution in [-0.2, 0) is 33.8 Å². The van der Waals surface area contributed by atoms with E-state index in [9.17, 15) is 16.8 Å². The summed E-state index contributed by atoms with van der Waals surface area (Å²) in [5.41, 5.74) is 0.910. The fourth-order valence-corrected chi connectivity index (χ4v) is 9.07. The van der Waals surface area contributed by atoms with Crippen LogP contribution in [0.3, 0.4) is 0 Å². The number of hydrogen-bond acceptors (Lipinski definition) is 7. The summed E-state index contributed by atoms with van der Waals surface area (Å²) in [6.45, 7) is 13.5. The maximum absolute atomic E-state index is 13.4. The van der Waals surface area contributed by atoms with Gasteiger partial charge in [0.05, 0.1) is 23.4 Å². The van der Waals surface area contributed by atoms with E-state index < -0.39 is 46.3 Å². The normalized spacial score (nSPS) is 20.6. The van der Waals surface area contributed by atoms with Crippen molar-refractivity contribution in [2.75, 3.05) is 18.9 Å². The second-order valence-corrected chi connectivity index (χ2v) is 19.1. The predicted octanol–water partition coefficient (Wildman–Crippen LogP) is 3.56. The fraction of sp³-hybridized carbons (Fsp3) is 0.714. The molecule has 1 aliphatic rings. The first-order valence-corrected chi connectivity index (χ1v) is 17.6. The fourth-order valence-electron chi connectivity index (χ4n) is 3.24. The molecule has 0 N–H and O–H groups in total. The van der Waals surface area contributed by atoms with Crippen molar-refractivity contribution in [2.45, 2.75) is 82.8 Å². The minimum absolute atomic E-state index is 0.0115. The van der Waals surface area contributed by atoms with Gasteiger partial charge in [-0.3, -0.25) is 0 Å². The summed E-state index contributed by atoms with van der Waals surface area (Å²) in [6.07, 6.45) is -1.54. The summed E-state index contributed by atoms with van der Waals surface area (Å²) in [4.78, 5) is -0.0115. The number of benzene rings is 1. The Labute approximate surface area is 194 Å². The van der Waals surface area contributed by atoms with Crippen molar-refractivity contribution in [3.05, 3.63) is 29.8 Å². The molecule has 0 aromatic heterocycles. The first-order valence-electron chi connectivity index (χ1n) is 10.9. The molecule has 1 saturated heterocycles. The summed E-state index contributed by atoms with van der Waals surface area (Å²) in [7, 11) is -9.62. The average Bonchev–Trinajstić information content (AvgIpc) is 3.01. The van der Waals surface area contributed by atoms with Gasteiger partial charge in [-0.15, -0.1) is 0 Å². The summed E-state index contributed by atoms with van der Waals surface area (Å²) in [5, 5.41) is 0. The molecule has 8 nitrogen and oxygen atoms in total. The van der Waals surface area contributed by atoms with E-state index in [1.165, 1.54) is 12.1 Å². The predicted molar refractivity (Wildman–Crippen MR) is 127 cm³/mol. The number of rotatable bonds is 11. The van der Waals surface area contributed by atoms with Crippen LogP contribution in [-0.4, -0.2) is 66.2 Å². The van der Waals surface area contributed by atoms with Gasteiger partial charge in [0.2, 0.25) is 10.0 Å². The minimum Gasteiger partial charge on any atom is -0.348 e. The summed E-state index contributed by atoms with van der Waals surface area (Å²) in [6, 6.07) is 6.81. The first-order chi connectivity index (χ1) is 14.5. The molecule has 0 spiro atoms. The van der Waals surface area contributed by atoms with E-state index in [-0.39, 0.29) is 30.2 Å². The average molecular weight is 508 g/mol. The van der Waals surface area contributed by atoms with Gasteiger partial charge in [0, 0.05) is 14.6 Å². The largest absolute Gasteiger partial charge is 0.348 e. The lowest BCUT2D eigenvalue weighted by Crippen LogP contribution is -2.48. The Morgan fingerprint density at radius 1 is 1.16 bits per heavy atom. The smallest absolute Gasteiger partial charge is 0.298 e. The zero-order chi connectivity index (χ0) is 24.4. The van der Waals surface area contributed by atoms with E-state index in [0.29, 0.717) is 6.04 Å². The number of nitrogens with zero attached hydrogens (tertiary/aromatic N) is 1. The number of aryl methyl sites for hydroxylation is 1. The molecule has 32 heavy (non-hydrogen) atoms. The van der Waals surface area contributed by atoms with Crippen molar-refractivity contribution in [3.8, 4) is 0 Å². The third-order valence-electron chi connectivity index (χ3n) is 5.14. The van der Waals surface area contributed by atoms with Crippen molar-refractivity contribution in [3.63, 3.8) is 0 Å². The topological polar surface area (TPSA) is 99.2 Å². The van der Waals surface area contributed by atoms with E-state index in [1.54, 1.807) is 32.9 Å². The van der Waals surface area contributed by atoms with Crippen LogP contribution in [0.5, 0.6) is 0 Å². The van der Waals surface area contributed by atoms with Crippen LogP contribution < -0.4 is 0 Å². The SMILES string of the molecule is CCC(OS(=O)(=O)c1ccc(C)cc1)N(CC1COC(C)(C)O1)S(=O)(=O)CC[Si](C)(C)C. The molecule has 184 valence electrons. The van der Waals surface area contributed by atoms with Crippen LogP contribution in [0.4, 0.5) is 0 Å². The summed E-state index contributed by atoms with van der Waals surface area (Å²) >= 11 is 0. The van der Waals surface area contributed by atoms with E-state index in [4.69, 9.17) is 13.7 Å². The van der Waals surface area contributed by atoms with Crippen molar-refractivity contribution >= 4 is 28.2 Å². The zero-order valence-electron chi connectivity index (χ0n) is 20.1. The highest BCUT2D eigenvalue weighted by Gasteiger charge is 2.40. The molecular formula is C21H37NO7S2Si. The molecule has 2 rings (SSSR count). The van der Waals surface area contributed by atoms with Crippen molar-refractivity contribution < 1.29 is 30.5 Å². The Bertz CT molecular complexity index is 970. The molecule has 11 heteroatoms. The standard InChI is InChI=1S/C21H37NO7S2Si/c1-8-20(29-31(25,26)19-11-9-17(2)10-12-19)22(15-18-16-27-21(3,4)28-18)30(23,24)13-14-32(5,6)7/h9-12,18,20H,8,13-16H2,1-7H3. The Balaban J connectivity index is 2.33. The van der Waals surface area contributed by atoms with Gasteiger partial charge >= 0.3 is 0 Å². The van der Waals surface area contributed by atoms with Gasteiger partial charge in [0.25, 0.3) is 10.1 Å². The molecule has 0 bridgehead atoms. The monoisotopic (exact) mass is 507 g/mol. The molecule has 1 fully saturated rings. The Kier molecular flexibility index (Phi) is 8.74. The van der Waals surface area contributed by atoms with Gasteiger partial charge in [-0.05, 0) is 45.4 Å². The van der Waals surface area contributed by atoms with E-state index in [1.807, 2.05) is 6.92 Å². The lowest BCUT2D eigenvalue weighted by molar-refractivity contribution is -0.140. The maximum atomic E-state index is 13.4. The van der Waals surface area contributed by atoms with Gasteiger partial charge in [0.15, 0.2) is 5.79 Å². The molecule has 1 heterocycles. The van der Waals surface area contributed by atoms with Crippen LogP contribution >= 0.6 is 0 Å². The maximum Gasteiger partial charge on any atom is 0.298 e. The molecule has 1 aromatic rings. The van der Waals surface area contributed by atoms with Crippen LogP contribution in [0.25, 0.3) is 0 Å². The molecule has 1 aliphatic heterocycles. The van der Waals surface area contributed by atoms with Gasteiger partial charge in [-0.25, -0.2) is 12.6 Å². The Morgan fingerprint density at radius 3 is 2.22 bits per heavy atom. The van der Waals surface area contributed by atoms with Crippen LogP contribution in [0.15, 0.2) is 29.2 Å². The molecule has 0 amide bonds. The highest BCUT2D eigenvalue weighted by Crippen LogP contribution is 2.27. The molecule has 2 unspecified atom stereocenters. The Morgan fingerprint density at radius 2 is 1.75 bits per heavy atom. The highest BCUT2D eigenvalue weighted by molar-refractivity contribution is 7.89. The molecule has 1 aromatic carbocycles. The third kappa shape index (κ3) is 7.89. The number of ether oxygens (including phenoxy) is 2. The van der Waals surface area contributed by atoms with Gasteiger partial charge < -0.3 is 9.47 Å². The first kappa shape index (κ1) is 27.4. The second-order valence-electron chi connectivity index (χ2n) is 9.87. The van der Waals surface area contributed by atoms with Crippen LogP contribution in [0.1, 0.15) is 32.8 Å². The van der Waals surface area contributed by atoms with E-state index in [2.05, 4.69) is 19.6 Å². The molecular weight excluding hydrogens is 470 g/mol. The molecule has 2 atom stereocenters. The number of sulfonamides is 1. The van der Waals surface area contributed by atoms with Crippen molar-refractivity contribution in [1.29, 1.82) is 0 Å².